The maximum absolute atomic E-state index is 13.3. The quantitative estimate of drug-likeness (QED) is 0.661. The number of aryl methyl sites for hydroxylation is 1. The maximum Gasteiger partial charge on any atom is 0.252 e. The molecule has 0 fully saturated rings. The first-order chi connectivity index (χ1) is 14.9. The number of amides is 1. The van der Waals surface area contributed by atoms with Gasteiger partial charge in [0.15, 0.2) is 0 Å². The molecule has 0 aliphatic carbocycles. The second-order valence-corrected chi connectivity index (χ2v) is 7.31. The van der Waals surface area contributed by atoms with Gasteiger partial charge in [-0.3, -0.25) is 4.79 Å². The van der Waals surface area contributed by atoms with Gasteiger partial charge >= 0.3 is 0 Å². The first kappa shape index (κ1) is 20.4. The molecule has 1 amide bonds. The van der Waals surface area contributed by atoms with Crippen molar-refractivity contribution in [2.24, 2.45) is 5.10 Å². The number of hydrogen-bond acceptors (Lipinski definition) is 3. The summed E-state index contributed by atoms with van der Waals surface area (Å²) in [5.41, 5.74) is 2.72. The minimum Gasteiger partial charge on any atom is -0.856 e. The van der Waals surface area contributed by atoms with Gasteiger partial charge in [0.05, 0.1) is 5.90 Å². The lowest BCUT2D eigenvalue weighted by Gasteiger charge is -2.20. The Labute approximate surface area is 178 Å². The lowest BCUT2D eigenvalue weighted by atomic mass is 9.98. The predicted molar refractivity (Wildman–Crippen MR) is 111 cm³/mol. The average Bonchev–Trinajstić information content (AvgIpc) is 3.05. The summed E-state index contributed by atoms with van der Waals surface area (Å²) in [6.45, 7) is 1.95. The molecule has 5 nitrogen and oxygen atoms in total. The van der Waals surface area contributed by atoms with Crippen molar-refractivity contribution in [3.8, 4) is 0 Å². The van der Waals surface area contributed by atoms with E-state index in [1.165, 1.54) is 41.1 Å². The van der Waals surface area contributed by atoms with E-state index in [0.717, 1.165) is 11.1 Å². The van der Waals surface area contributed by atoms with Crippen molar-refractivity contribution in [1.29, 1.82) is 0 Å². The third-order valence-corrected chi connectivity index (χ3v) is 5.04. The molecule has 1 N–H and O–H groups in total. The van der Waals surface area contributed by atoms with E-state index < -0.39 is 29.7 Å². The molecular weight excluding hydrogens is 400 g/mol. The van der Waals surface area contributed by atoms with Crippen LogP contribution in [0.4, 0.5) is 8.78 Å². The number of carbonyl (C=O) groups excluding carboxylic acids is 1. The topological polar surface area (TPSA) is 67.5 Å². The highest BCUT2D eigenvalue weighted by Gasteiger charge is 2.41. The molecule has 0 radical (unpaired) electrons. The molecule has 1 aliphatic heterocycles. The number of halogens is 2. The van der Waals surface area contributed by atoms with Gasteiger partial charge in [0.25, 0.3) is 5.91 Å². The van der Waals surface area contributed by atoms with Gasteiger partial charge in [-0.2, -0.15) is 0 Å². The summed E-state index contributed by atoms with van der Waals surface area (Å²) in [6, 6.07) is 16.9. The van der Waals surface area contributed by atoms with Gasteiger partial charge in [0.1, 0.15) is 17.7 Å². The third kappa shape index (κ3) is 4.50. The van der Waals surface area contributed by atoms with E-state index >= 15 is 0 Å². The van der Waals surface area contributed by atoms with Crippen LogP contribution in [-0.4, -0.2) is 28.7 Å². The maximum atomic E-state index is 13.3. The van der Waals surface area contributed by atoms with Crippen LogP contribution in [0.25, 0.3) is 0 Å². The van der Waals surface area contributed by atoms with Gasteiger partial charge < -0.3 is 10.4 Å². The van der Waals surface area contributed by atoms with Gasteiger partial charge in [0.2, 0.25) is 12.3 Å². The largest absolute Gasteiger partial charge is 0.856 e. The fourth-order valence-corrected chi connectivity index (χ4v) is 3.41. The Bertz CT molecular complexity index is 1150. The zero-order valence-corrected chi connectivity index (χ0v) is 16.6. The fraction of sp³-hybridized carbons (Fsp3) is 0.125. The molecule has 0 unspecified atom stereocenters. The first-order valence-electron chi connectivity index (χ1n) is 9.68. The van der Waals surface area contributed by atoms with Gasteiger partial charge in [0, 0.05) is 16.7 Å². The first-order valence-corrected chi connectivity index (χ1v) is 9.68. The minimum atomic E-state index is -0.947. The molecule has 1 heterocycles. The molecule has 0 saturated heterocycles. The summed E-state index contributed by atoms with van der Waals surface area (Å²) in [6.07, 6.45) is 1.63. The Kier molecular flexibility index (Phi) is 5.58. The summed E-state index contributed by atoms with van der Waals surface area (Å²) in [7, 11) is 0. The Hall–Kier alpha value is -3.87. The molecule has 31 heavy (non-hydrogen) atoms. The second kappa shape index (κ2) is 8.47. The molecule has 0 bridgehead atoms. The minimum absolute atomic E-state index is 0.234. The molecule has 0 spiro atoms. The molecule has 3 aromatic carbocycles. The summed E-state index contributed by atoms with van der Waals surface area (Å²) in [5.74, 6) is -1.85. The molecule has 156 valence electrons. The van der Waals surface area contributed by atoms with Crippen LogP contribution < -0.4 is 10.4 Å². The SMILES string of the molecule is Cc1ccc([C@@H]2[C@@H](NC(=O)c3ccc(F)cc3)C([O-])=N/[N+]2=C\c2ccc(F)cc2)cc1. The molecule has 2 atom stereocenters. The van der Waals surface area contributed by atoms with Crippen molar-refractivity contribution in [2.45, 2.75) is 19.0 Å². The van der Waals surface area contributed by atoms with Crippen LogP contribution in [0.3, 0.4) is 0 Å². The Morgan fingerprint density at radius 3 is 2.16 bits per heavy atom. The van der Waals surface area contributed by atoms with Crippen molar-refractivity contribution in [3.63, 3.8) is 0 Å². The lowest BCUT2D eigenvalue weighted by molar-refractivity contribution is -0.565. The molecule has 4 rings (SSSR count). The van der Waals surface area contributed by atoms with Gasteiger partial charge in [-0.25, -0.2) is 8.78 Å². The fourth-order valence-electron chi connectivity index (χ4n) is 3.41. The number of carbonyl (C=O) groups is 1. The van der Waals surface area contributed by atoms with Crippen molar-refractivity contribution in [1.82, 2.24) is 5.32 Å². The van der Waals surface area contributed by atoms with E-state index in [0.29, 0.717) is 5.56 Å². The molecule has 0 saturated carbocycles. The lowest BCUT2D eigenvalue weighted by Crippen LogP contribution is -2.47. The molecule has 3 aromatic rings. The van der Waals surface area contributed by atoms with E-state index in [1.54, 1.807) is 18.3 Å². The number of rotatable bonds is 4. The van der Waals surface area contributed by atoms with Crippen molar-refractivity contribution in [3.05, 3.63) is 107 Å². The molecule has 7 heteroatoms. The highest BCUT2D eigenvalue weighted by Crippen LogP contribution is 2.27. The van der Waals surface area contributed by atoms with Crippen molar-refractivity contribution >= 4 is 18.0 Å². The van der Waals surface area contributed by atoms with E-state index in [1.807, 2.05) is 31.2 Å². The van der Waals surface area contributed by atoms with E-state index in [4.69, 9.17) is 0 Å². The van der Waals surface area contributed by atoms with Crippen LogP contribution >= 0.6 is 0 Å². The van der Waals surface area contributed by atoms with Crippen LogP contribution in [0.1, 0.15) is 33.1 Å². The average molecular weight is 419 g/mol. The van der Waals surface area contributed by atoms with E-state index in [2.05, 4.69) is 10.4 Å². The van der Waals surface area contributed by atoms with Crippen LogP contribution in [0, 0.1) is 18.6 Å². The van der Waals surface area contributed by atoms with Gasteiger partial charge in [-0.05, 0) is 60.6 Å². The summed E-state index contributed by atoms with van der Waals surface area (Å²) >= 11 is 0. The third-order valence-electron chi connectivity index (χ3n) is 5.04. The molecule has 0 aromatic heterocycles. The zero-order chi connectivity index (χ0) is 22.0. The van der Waals surface area contributed by atoms with E-state index in [-0.39, 0.29) is 11.4 Å². The summed E-state index contributed by atoms with van der Waals surface area (Å²) < 4.78 is 27.9. The molecule has 1 aliphatic rings. The summed E-state index contributed by atoms with van der Waals surface area (Å²) in [4.78, 5) is 12.7. The van der Waals surface area contributed by atoms with Crippen LogP contribution in [0.5, 0.6) is 0 Å². The Morgan fingerprint density at radius 2 is 1.55 bits per heavy atom. The van der Waals surface area contributed by atoms with Crippen LogP contribution in [0.2, 0.25) is 0 Å². The van der Waals surface area contributed by atoms with Gasteiger partial charge in [-0.1, -0.05) is 34.5 Å². The highest BCUT2D eigenvalue weighted by molar-refractivity contribution is 5.97. The van der Waals surface area contributed by atoms with Crippen LogP contribution in [-0.2, 0) is 0 Å². The summed E-state index contributed by atoms with van der Waals surface area (Å²) in [5, 5.41) is 19.6. The second-order valence-electron chi connectivity index (χ2n) is 7.31. The number of hydrazone groups is 1. The zero-order valence-electron chi connectivity index (χ0n) is 16.6. The number of hydrogen-bond donors (Lipinski definition) is 1. The standard InChI is InChI=1S/C24H19F2N3O2/c1-15-2-6-17(7-3-15)22-21(27-23(30)18-8-12-20(26)13-9-18)24(31)28-29(22)14-16-4-10-19(25)11-5-16/h2-14,21-22H,1H3,(H-,27,28,30,31)/b29-14-/t21-,22-/m1/s1. The van der Waals surface area contributed by atoms with Crippen molar-refractivity contribution in [2.75, 3.05) is 0 Å². The molecular formula is C24H19F2N3O2. The monoisotopic (exact) mass is 419 g/mol. The normalized spacial score (nSPS) is 19.3. The highest BCUT2D eigenvalue weighted by atomic mass is 19.1. The van der Waals surface area contributed by atoms with E-state index in [9.17, 15) is 18.7 Å². The van der Waals surface area contributed by atoms with Gasteiger partial charge in [-0.15, -0.1) is 0 Å². The van der Waals surface area contributed by atoms with Crippen LogP contribution in [0.15, 0.2) is 77.9 Å². The predicted octanol–water partition coefficient (Wildman–Crippen LogP) is 2.93. The van der Waals surface area contributed by atoms with Crippen molar-refractivity contribution < 1.29 is 23.4 Å². The number of nitrogens with zero attached hydrogens (tertiary/aromatic N) is 2. The number of benzene rings is 3. The Morgan fingerprint density at radius 1 is 0.968 bits per heavy atom. The smallest absolute Gasteiger partial charge is 0.252 e. The Balaban J connectivity index is 1.69. The number of nitrogens with one attached hydrogen (secondary N) is 1.